The Morgan fingerprint density at radius 2 is 2.17 bits per heavy atom. The van der Waals surface area contributed by atoms with Crippen LogP contribution in [0.2, 0.25) is 0 Å². The molecule has 0 spiro atoms. The van der Waals surface area contributed by atoms with Gasteiger partial charge in [0.15, 0.2) is 0 Å². The Morgan fingerprint density at radius 3 is 3.00 bits per heavy atom. The number of hydrogen-bond acceptors (Lipinski definition) is 5. The van der Waals surface area contributed by atoms with Crippen LogP contribution in [0, 0.1) is 19.3 Å². The van der Waals surface area contributed by atoms with Crippen LogP contribution in [0.15, 0.2) is 48.5 Å². The highest BCUT2D eigenvalue weighted by atomic mass is 32.1. The molecule has 0 unspecified atom stereocenters. The standard InChI is InChI=1S/C23H18N4O2S/c1-3-11-29-16-8-6-7-15(12-16)17-13-20(28)25-22-21(17)14(2)26-27(22)23-24-18-9-4-5-10-19(18)30-23/h1,4-10,12,17H,11,13H2,2H3,(H,25,28)/t17-/m1/s1. The summed E-state index contributed by atoms with van der Waals surface area (Å²) in [6, 6.07) is 15.7. The average molecular weight is 414 g/mol. The molecule has 6 nitrogen and oxygen atoms in total. The van der Waals surface area contributed by atoms with E-state index in [1.165, 1.54) is 0 Å². The van der Waals surface area contributed by atoms with E-state index in [4.69, 9.17) is 21.2 Å². The number of nitrogens with zero attached hydrogens (tertiary/aromatic N) is 3. The van der Waals surface area contributed by atoms with Crippen molar-refractivity contribution in [3.63, 3.8) is 0 Å². The monoisotopic (exact) mass is 414 g/mol. The van der Waals surface area contributed by atoms with E-state index >= 15 is 0 Å². The quantitative estimate of drug-likeness (QED) is 0.506. The van der Waals surface area contributed by atoms with Crippen molar-refractivity contribution in [1.82, 2.24) is 14.8 Å². The van der Waals surface area contributed by atoms with Crippen molar-refractivity contribution in [3.8, 4) is 23.2 Å². The zero-order valence-corrected chi connectivity index (χ0v) is 17.1. The fraction of sp³-hybridized carbons (Fsp3) is 0.174. The second kappa shape index (κ2) is 7.32. The predicted octanol–water partition coefficient (Wildman–Crippen LogP) is 4.28. The van der Waals surface area contributed by atoms with Crippen molar-refractivity contribution in [3.05, 3.63) is 65.4 Å². The van der Waals surface area contributed by atoms with E-state index < -0.39 is 0 Å². The number of aryl methyl sites for hydroxylation is 1. The largest absolute Gasteiger partial charge is 0.481 e. The molecule has 1 amide bonds. The second-order valence-corrected chi connectivity index (χ2v) is 8.10. The number of carbonyl (C=O) groups excluding carboxylic acids is 1. The van der Waals surface area contributed by atoms with Gasteiger partial charge in [0.05, 0.1) is 15.9 Å². The fourth-order valence-electron chi connectivity index (χ4n) is 3.87. The molecule has 0 bridgehead atoms. The van der Waals surface area contributed by atoms with Gasteiger partial charge in [-0.15, -0.1) is 6.42 Å². The first-order chi connectivity index (χ1) is 14.6. The Labute approximate surface area is 177 Å². The molecule has 5 rings (SSSR count). The van der Waals surface area contributed by atoms with Crippen molar-refractivity contribution < 1.29 is 9.53 Å². The number of carbonyl (C=O) groups is 1. The van der Waals surface area contributed by atoms with Crippen LogP contribution < -0.4 is 10.1 Å². The topological polar surface area (TPSA) is 69.0 Å². The van der Waals surface area contributed by atoms with Crippen molar-refractivity contribution >= 4 is 33.3 Å². The first-order valence-corrected chi connectivity index (χ1v) is 10.4. The molecular formula is C23H18N4O2S. The van der Waals surface area contributed by atoms with E-state index in [0.29, 0.717) is 18.0 Å². The zero-order chi connectivity index (χ0) is 20.7. The van der Waals surface area contributed by atoms with Gasteiger partial charge in [-0.25, -0.2) is 4.98 Å². The Kier molecular flexibility index (Phi) is 4.49. The normalized spacial score (nSPS) is 15.5. The summed E-state index contributed by atoms with van der Waals surface area (Å²) >= 11 is 1.55. The van der Waals surface area contributed by atoms with Gasteiger partial charge in [-0.05, 0) is 36.8 Å². The van der Waals surface area contributed by atoms with Gasteiger partial charge in [0.2, 0.25) is 11.0 Å². The van der Waals surface area contributed by atoms with Crippen LogP contribution in [0.25, 0.3) is 15.3 Å². The van der Waals surface area contributed by atoms with Gasteiger partial charge in [0.25, 0.3) is 0 Å². The smallest absolute Gasteiger partial charge is 0.226 e. The summed E-state index contributed by atoms with van der Waals surface area (Å²) in [6.07, 6.45) is 5.65. The van der Waals surface area contributed by atoms with E-state index in [-0.39, 0.29) is 18.4 Å². The number of thiazole rings is 1. The van der Waals surface area contributed by atoms with Crippen LogP contribution in [0.3, 0.4) is 0 Å². The van der Waals surface area contributed by atoms with Crippen LogP contribution in [-0.2, 0) is 4.79 Å². The maximum atomic E-state index is 12.6. The molecule has 0 fully saturated rings. The van der Waals surface area contributed by atoms with Crippen molar-refractivity contribution in [2.24, 2.45) is 0 Å². The lowest BCUT2D eigenvalue weighted by Gasteiger charge is -2.24. The Bertz CT molecular complexity index is 1280. The summed E-state index contributed by atoms with van der Waals surface area (Å²) < 4.78 is 8.40. The third-order valence-electron chi connectivity index (χ3n) is 5.15. The minimum absolute atomic E-state index is 0.0512. The third kappa shape index (κ3) is 3.11. The second-order valence-electron chi connectivity index (χ2n) is 7.09. The molecule has 1 aliphatic heterocycles. The number of fused-ring (bicyclic) bond motifs is 2. The molecule has 1 aliphatic rings. The van der Waals surface area contributed by atoms with Gasteiger partial charge in [-0.1, -0.05) is 41.5 Å². The minimum atomic E-state index is -0.119. The number of anilines is 1. The molecule has 0 aliphatic carbocycles. The molecule has 3 heterocycles. The van der Waals surface area contributed by atoms with Crippen molar-refractivity contribution in [1.29, 1.82) is 0 Å². The van der Waals surface area contributed by atoms with Gasteiger partial charge in [0, 0.05) is 17.9 Å². The van der Waals surface area contributed by atoms with Gasteiger partial charge in [0.1, 0.15) is 18.2 Å². The molecule has 2 aromatic heterocycles. The predicted molar refractivity (Wildman–Crippen MR) is 117 cm³/mol. The number of hydrogen-bond donors (Lipinski definition) is 1. The lowest BCUT2D eigenvalue weighted by atomic mass is 9.86. The molecular weight excluding hydrogens is 396 g/mol. The summed E-state index contributed by atoms with van der Waals surface area (Å²) in [4.78, 5) is 17.3. The molecule has 4 aromatic rings. The maximum absolute atomic E-state index is 12.6. The molecule has 0 saturated carbocycles. The minimum Gasteiger partial charge on any atom is -0.481 e. The molecule has 2 aromatic carbocycles. The summed E-state index contributed by atoms with van der Waals surface area (Å²) in [5.74, 6) is 3.68. The first-order valence-electron chi connectivity index (χ1n) is 9.55. The van der Waals surface area contributed by atoms with E-state index in [2.05, 4.69) is 11.2 Å². The van der Waals surface area contributed by atoms with Crippen LogP contribution in [0.5, 0.6) is 5.75 Å². The first kappa shape index (κ1) is 18.4. The van der Waals surface area contributed by atoms with Crippen molar-refractivity contribution in [2.45, 2.75) is 19.3 Å². The molecule has 1 atom stereocenters. The number of rotatable bonds is 4. The van der Waals surface area contributed by atoms with Gasteiger partial charge in [-0.2, -0.15) is 9.78 Å². The lowest BCUT2D eigenvalue weighted by Crippen LogP contribution is -2.25. The fourth-order valence-corrected chi connectivity index (χ4v) is 4.79. The molecule has 148 valence electrons. The molecule has 30 heavy (non-hydrogen) atoms. The summed E-state index contributed by atoms with van der Waals surface area (Å²) in [7, 11) is 0. The van der Waals surface area contributed by atoms with Crippen molar-refractivity contribution in [2.75, 3.05) is 11.9 Å². The summed E-state index contributed by atoms with van der Waals surface area (Å²) in [6.45, 7) is 2.17. The van der Waals surface area contributed by atoms with Crippen LogP contribution in [0.4, 0.5) is 5.82 Å². The van der Waals surface area contributed by atoms with E-state index in [1.54, 1.807) is 16.0 Å². The summed E-state index contributed by atoms with van der Waals surface area (Å²) in [5, 5.41) is 8.47. The number of benzene rings is 2. The average Bonchev–Trinajstić information content (AvgIpc) is 3.33. The van der Waals surface area contributed by atoms with Crippen LogP contribution >= 0.6 is 11.3 Å². The highest BCUT2D eigenvalue weighted by Crippen LogP contribution is 2.41. The van der Waals surface area contributed by atoms with Gasteiger partial charge >= 0.3 is 0 Å². The summed E-state index contributed by atoms with van der Waals surface area (Å²) in [5.41, 5.74) is 3.77. The number of amides is 1. The highest BCUT2D eigenvalue weighted by molar-refractivity contribution is 7.20. The lowest BCUT2D eigenvalue weighted by molar-refractivity contribution is -0.116. The van der Waals surface area contributed by atoms with E-state index in [1.807, 2.05) is 55.5 Å². The Balaban J connectivity index is 1.61. The van der Waals surface area contributed by atoms with Gasteiger partial charge in [-0.3, -0.25) is 4.79 Å². The van der Waals surface area contributed by atoms with Crippen LogP contribution in [-0.4, -0.2) is 27.3 Å². The third-order valence-corrected chi connectivity index (χ3v) is 6.16. The number of para-hydroxylation sites is 1. The molecule has 1 N–H and O–H groups in total. The zero-order valence-electron chi connectivity index (χ0n) is 16.3. The Hall–Kier alpha value is -3.63. The Morgan fingerprint density at radius 1 is 1.30 bits per heavy atom. The van der Waals surface area contributed by atoms with E-state index in [9.17, 15) is 4.79 Å². The molecule has 0 radical (unpaired) electrons. The number of nitrogens with one attached hydrogen (secondary N) is 1. The number of aromatic nitrogens is 3. The molecule has 0 saturated heterocycles. The van der Waals surface area contributed by atoms with Crippen LogP contribution in [0.1, 0.15) is 29.2 Å². The number of ether oxygens (including phenoxy) is 1. The highest BCUT2D eigenvalue weighted by Gasteiger charge is 2.33. The number of terminal acetylenes is 1. The maximum Gasteiger partial charge on any atom is 0.226 e. The SMILES string of the molecule is C#CCOc1cccc([C@H]2CC(=O)Nc3c2c(C)nn3-c2nc3ccccc3s2)c1. The van der Waals surface area contributed by atoms with Gasteiger partial charge < -0.3 is 10.1 Å². The van der Waals surface area contributed by atoms with E-state index in [0.717, 1.165) is 32.2 Å². The molecule has 7 heteroatoms.